The van der Waals surface area contributed by atoms with Crippen molar-refractivity contribution in [1.82, 2.24) is 10.2 Å². The zero-order valence-electron chi connectivity index (χ0n) is 15.6. The van der Waals surface area contributed by atoms with Gasteiger partial charge in [-0.25, -0.2) is 14.9 Å². The van der Waals surface area contributed by atoms with Crippen molar-refractivity contribution in [3.8, 4) is 0 Å². The first-order valence-electron chi connectivity index (χ1n) is 9.11. The average molecular weight is 392 g/mol. The van der Waals surface area contributed by atoms with Gasteiger partial charge >= 0.3 is 0 Å². The zero-order chi connectivity index (χ0) is 19.7. The Morgan fingerprint density at radius 3 is 2.61 bits per heavy atom. The van der Waals surface area contributed by atoms with Crippen LogP contribution < -0.4 is 5.32 Å². The summed E-state index contributed by atoms with van der Waals surface area (Å²) in [5, 5.41) is 3.34. The Kier molecular flexibility index (Phi) is 5.00. The molecule has 0 bridgehead atoms. The van der Waals surface area contributed by atoms with Crippen LogP contribution in [-0.2, 0) is 9.59 Å². The molecule has 0 aromatic heterocycles. The second kappa shape index (κ2) is 7.59. The summed E-state index contributed by atoms with van der Waals surface area (Å²) in [7, 11) is 0. The molecule has 2 heterocycles. The number of aliphatic imine (C=N–C) groups is 2. The lowest BCUT2D eigenvalue weighted by Gasteiger charge is -2.25. The topological polar surface area (TPSA) is 74.1 Å². The van der Waals surface area contributed by atoms with E-state index in [0.717, 1.165) is 16.8 Å². The summed E-state index contributed by atoms with van der Waals surface area (Å²) in [6.45, 7) is 3.83. The number of amides is 2. The second-order valence-corrected chi connectivity index (χ2v) is 7.80. The zero-order valence-corrected chi connectivity index (χ0v) is 16.4. The highest BCUT2D eigenvalue weighted by atomic mass is 32.2. The van der Waals surface area contributed by atoms with E-state index < -0.39 is 6.04 Å². The summed E-state index contributed by atoms with van der Waals surface area (Å²) >= 11 is 1.25. The molecule has 0 unspecified atom stereocenters. The monoisotopic (exact) mass is 392 g/mol. The first kappa shape index (κ1) is 18.4. The molecule has 7 heteroatoms. The van der Waals surface area contributed by atoms with Crippen LogP contribution in [0.15, 0.2) is 64.6 Å². The van der Waals surface area contributed by atoms with E-state index in [1.165, 1.54) is 11.8 Å². The molecule has 4 rings (SSSR count). The molecule has 1 atom stereocenters. The first-order chi connectivity index (χ1) is 13.5. The fraction of sp³-hybridized carbons (Fsp3) is 0.238. The highest BCUT2D eigenvalue weighted by Crippen LogP contribution is 2.37. The van der Waals surface area contributed by atoms with E-state index in [-0.39, 0.29) is 23.6 Å². The van der Waals surface area contributed by atoms with Gasteiger partial charge in [0.1, 0.15) is 5.84 Å². The van der Waals surface area contributed by atoms with E-state index in [9.17, 15) is 9.59 Å². The molecule has 1 N–H and O–H groups in total. The Morgan fingerprint density at radius 1 is 1.14 bits per heavy atom. The minimum atomic E-state index is -0.599. The third kappa shape index (κ3) is 3.45. The lowest BCUT2D eigenvalue weighted by atomic mass is 10.1. The minimum absolute atomic E-state index is 0.0649. The number of hydrogen-bond donors (Lipinski definition) is 1. The summed E-state index contributed by atoms with van der Waals surface area (Å²) in [5.41, 5.74) is 2.42. The number of carbonyl (C=O) groups is 2. The van der Waals surface area contributed by atoms with Gasteiger partial charge in [-0.1, -0.05) is 54.2 Å². The van der Waals surface area contributed by atoms with E-state index in [1.54, 1.807) is 4.90 Å². The lowest BCUT2D eigenvalue weighted by molar-refractivity contribution is -0.124. The van der Waals surface area contributed by atoms with Gasteiger partial charge in [-0.2, -0.15) is 0 Å². The largest absolute Gasteiger partial charge is 0.353 e. The summed E-state index contributed by atoms with van der Waals surface area (Å²) in [6.07, 6.45) is 0. The molecule has 2 aliphatic rings. The molecule has 28 heavy (non-hydrogen) atoms. The molecule has 6 nitrogen and oxygen atoms in total. The third-order valence-corrected chi connectivity index (χ3v) is 5.31. The second-order valence-electron chi connectivity index (χ2n) is 6.86. The number of nitrogens with one attached hydrogen (secondary N) is 1. The van der Waals surface area contributed by atoms with Crippen LogP contribution in [-0.4, -0.2) is 39.5 Å². The van der Waals surface area contributed by atoms with Crippen LogP contribution in [0.3, 0.4) is 0 Å². The van der Waals surface area contributed by atoms with Gasteiger partial charge in [-0.3, -0.25) is 9.59 Å². The molecule has 0 spiro atoms. The molecule has 142 valence electrons. The van der Waals surface area contributed by atoms with E-state index in [0.29, 0.717) is 11.0 Å². The van der Waals surface area contributed by atoms with Crippen molar-refractivity contribution in [3.63, 3.8) is 0 Å². The lowest BCUT2D eigenvalue weighted by Crippen LogP contribution is -2.40. The van der Waals surface area contributed by atoms with Crippen molar-refractivity contribution in [2.45, 2.75) is 25.9 Å². The van der Waals surface area contributed by atoms with Crippen LogP contribution in [0.1, 0.15) is 31.0 Å². The number of benzene rings is 2. The predicted molar refractivity (Wildman–Crippen MR) is 112 cm³/mol. The van der Waals surface area contributed by atoms with Crippen LogP contribution in [0, 0.1) is 0 Å². The fourth-order valence-electron chi connectivity index (χ4n) is 3.19. The third-order valence-electron chi connectivity index (χ3n) is 4.37. The summed E-state index contributed by atoms with van der Waals surface area (Å²) in [6, 6.07) is 16.6. The van der Waals surface area contributed by atoms with Crippen LogP contribution >= 0.6 is 11.8 Å². The van der Waals surface area contributed by atoms with Crippen molar-refractivity contribution in [1.29, 1.82) is 0 Å². The highest BCUT2D eigenvalue weighted by molar-refractivity contribution is 8.14. The minimum Gasteiger partial charge on any atom is -0.353 e. The van der Waals surface area contributed by atoms with Gasteiger partial charge < -0.3 is 5.32 Å². The van der Waals surface area contributed by atoms with Gasteiger partial charge in [0.25, 0.3) is 5.91 Å². The maximum Gasteiger partial charge on any atom is 0.263 e. The maximum atomic E-state index is 13.2. The van der Waals surface area contributed by atoms with Gasteiger partial charge in [-0.15, -0.1) is 0 Å². The van der Waals surface area contributed by atoms with Crippen molar-refractivity contribution in [3.05, 3.63) is 65.7 Å². The van der Waals surface area contributed by atoms with E-state index in [4.69, 9.17) is 4.99 Å². The number of amidine groups is 2. The highest BCUT2D eigenvalue weighted by Gasteiger charge is 2.42. The van der Waals surface area contributed by atoms with Gasteiger partial charge in [0.05, 0.1) is 11.4 Å². The maximum absolute atomic E-state index is 13.2. The molecule has 0 saturated carbocycles. The Bertz CT molecular complexity index is 985. The number of nitrogens with zero attached hydrogens (tertiary/aromatic N) is 3. The number of para-hydroxylation sites is 1. The molecule has 2 aromatic carbocycles. The molecular weight excluding hydrogens is 372 g/mol. The van der Waals surface area contributed by atoms with Crippen LogP contribution in [0.4, 0.5) is 5.69 Å². The number of carbonyl (C=O) groups excluding carboxylic acids is 2. The summed E-state index contributed by atoms with van der Waals surface area (Å²) in [5.74, 6) is 0.542. The van der Waals surface area contributed by atoms with Crippen LogP contribution in [0.25, 0.3) is 0 Å². The molecule has 0 fully saturated rings. The van der Waals surface area contributed by atoms with Gasteiger partial charge in [0, 0.05) is 11.6 Å². The molecule has 2 aliphatic heterocycles. The molecule has 2 amide bonds. The first-order valence-corrected chi connectivity index (χ1v) is 10.1. The molecule has 0 aliphatic carbocycles. The molecular formula is C21H20N4O2S. The van der Waals surface area contributed by atoms with Gasteiger partial charge in [-0.05, 0) is 31.5 Å². The van der Waals surface area contributed by atoms with Gasteiger partial charge in [0.15, 0.2) is 11.2 Å². The van der Waals surface area contributed by atoms with Crippen molar-refractivity contribution >= 4 is 40.3 Å². The van der Waals surface area contributed by atoms with Crippen LogP contribution in [0.2, 0.25) is 0 Å². The average Bonchev–Trinajstić information content (AvgIpc) is 3.04. The number of rotatable bonds is 4. The summed E-state index contributed by atoms with van der Waals surface area (Å²) < 4.78 is 0. The number of fused-ring (bicyclic) bond motifs is 3. The van der Waals surface area contributed by atoms with Crippen molar-refractivity contribution in [2.75, 3.05) is 5.75 Å². The Hall–Kier alpha value is -2.93. The Balaban J connectivity index is 1.68. The predicted octanol–water partition coefficient (Wildman–Crippen LogP) is 3.28. The number of hydrogen-bond acceptors (Lipinski definition) is 5. The Labute approximate surface area is 167 Å². The standard InChI is InChI=1S/C21H20N4O2S/c1-13(2)22-17(26)12-28-21-23-16-11-7-6-10-15(16)19-24-18(20(27)25(19)21)14-8-4-3-5-9-14/h3-11,13,18H,12H2,1-2H3,(H,22,26)/t18-/m0/s1. The quantitative estimate of drug-likeness (QED) is 0.868. The molecule has 0 radical (unpaired) electrons. The van der Waals surface area contributed by atoms with Crippen LogP contribution in [0.5, 0.6) is 0 Å². The summed E-state index contributed by atoms with van der Waals surface area (Å²) in [4.78, 5) is 36.2. The number of thioether (sulfide) groups is 1. The van der Waals surface area contributed by atoms with Gasteiger partial charge in [0.2, 0.25) is 5.91 Å². The van der Waals surface area contributed by atoms with E-state index in [1.807, 2.05) is 68.4 Å². The van der Waals surface area contributed by atoms with E-state index >= 15 is 0 Å². The molecule has 0 saturated heterocycles. The SMILES string of the molecule is CC(C)NC(=O)CSC1=Nc2ccccc2C2=N[C@@H](c3ccccc3)C(=O)N12. The van der Waals surface area contributed by atoms with E-state index in [2.05, 4.69) is 10.3 Å². The fourth-order valence-corrected chi connectivity index (χ4v) is 4.00. The van der Waals surface area contributed by atoms with Crippen molar-refractivity contribution in [2.24, 2.45) is 9.98 Å². The Morgan fingerprint density at radius 2 is 1.86 bits per heavy atom. The normalized spacial score (nSPS) is 17.8. The van der Waals surface area contributed by atoms with Crippen molar-refractivity contribution < 1.29 is 9.59 Å². The smallest absolute Gasteiger partial charge is 0.263 e. The molecule has 2 aromatic rings.